The van der Waals surface area contributed by atoms with Crippen LogP contribution >= 0.6 is 0 Å². The summed E-state index contributed by atoms with van der Waals surface area (Å²) < 4.78 is 0. The smallest absolute Gasteiger partial charge is 0.132 e. The molecule has 1 aromatic rings. The van der Waals surface area contributed by atoms with Gasteiger partial charge < -0.3 is 10.2 Å². The Morgan fingerprint density at radius 2 is 2.00 bits per heavy atom. The van der Waals surface area contributed by atoms with Gasteiger partial charge in [-0.2, -0.15) is 0 Å². The van der Waals surface area contributed by atoms with E-state index in [2.05, 4.69) is 40.1 Å². The molecular formula is C13H22N4. The fraction of sp³-hybridized carbons (Fsp3) is 0.692. The molecular weight excluding hydrogens is 212 g/mol. The molecule has 4 heteroatoms. The standard InChI is InChI=1S/C13H22N4/c1-10(2)12-8-13(16-9-15-12)17-6-4-11(14-3)5-7-17/h8-11,14H,4-7H2,1-3H3. The van der Waals surface area contributed by atoms with E-state index in [0.717, 1.165) is 24.6 Å². The molecule has 17 heavy (non-hydrogen) atoms. The molecule has 2 rings (SSSR count). The van der Waals surface area contributed by atoms with Crippen LogP contribution in [0.15, 0.2) is 12.4 Å². The zero-order chi connectivity index (χ0) is 12.3. The van der Waals surface area contributed by atoms with Gasteiger partial charge in [-0.05, 0) is 25.8 Å². The summed E-state index contributed by atoms with van der Waals surface area (Å²) in [5.74, 6) is 1.55. The molecule has 0 saturated carbocycles. The van der Waals surface area contributed by atoms with Crippen LogP contribution in [0.3, 0.4) is 0 Å². The molecule has 1 fully saturated rings. The van der Waals surface area contributed by atoms with E-state index in [0.29, 0.717) is 12.0 Å². The second-order valence-corrected chi connectivity index (χ2v) is 5.01. The number of anilines is 1. The summed E-state index contributed by atoms with van der Waals surface area (Å²) in [6, 6.07) is 2.79. The fourth-order valence-corrected chi connectivity index (χ4v) is 2.25. The fourth-order valence-electron chi connectivity index (χ4n) is 2.25. The number of nitrogens with zero attached hydrogens (tertiary/aromatic N) is 3. The summed E-state index contributed by atoms with van der Waals surface area (Å²) in [4.78, 5) is 11.1. The van der Waals surface area contributed by atoms with Gasteiger partial charge >= 0.3 is 0 Å². The summed E-state index contributed by atoms with van der Waals surface area (Å²) in [5, 5.41) is 3.35. The lowest BCUT2D eigenvalue weighted by atomic mass is 10.1. The van der Waals surface area contributed by atoms with E-state index in [1.165, 1.54) is 12.8 Å². The molecule has 0 aromatic carbocycles. The predicted octanol–water partition coefficient (Wildman–Crippen LogP) is 1.79. The van der Waals surface area contributed by atoms with Crippen LogP contribution in [0.1, 0.15) is 38.3 Å². The van der Waals surface area contributed by atoms with Gasteiger partial charge in [-0.15, -0.1) is 0 Å². The van der Waals surface area contributed by atoms with Crippen molar-refractivity contribution in [2.45, 2.75) is 38.6 Å². The maximum Gasteiger partial charge on any atom is 0.132 e. The first-order chi connectivity index (χ1) is 8.20. The molecule has 0 radical (unpaired) electrons. The lowest BCUT2D eigenvalue weighted by molar-refractivity contribution is 0.440. The van der Waals surface area contributed by atoms with Crippen LogP contribution in [0.5, 0.6) is 0 Å². The van der Waals surface area contributed by atoms with Gasteiger partial charge in [-0.25, -0.2) is 9.97 Å². The largest absolute Gasteiger partial charge is 0.356 e. The Morgan fingerprint density at radius 1 is 1.29 bits per heavy atom. The molecule has 0 aliphatic carbocycles. The van der Waals surface area contributed by atoms with Gasteiger partial charge in [0.1, 0.15) is 12.1 Å². The van der Waals surface area contributed by atoms with Gasteiger partial charge in [0.15, 0.2) is 0 Å². The van der Waals surface area contributed by atoms with Crippen molar-refractivity contribution < 1.29 is 0 Å². The first kappa shape index (κ1) is 12.3. The van der Waals surface area contributed by atoms with Crippen LogP contribution < -0.4 is 10.2 Å². The maximum atomic E-state index is 4.39. The van der Waals surface area contributed by atoms with Gasteiger partial charge in [0.2, 0.25) is 0 Å². The van der Waals surface area contributed by atoms with E-state index in [4.69, 9.17) is 0 Å². The van der Waals surface area contributed by atoms with Gasteiger partial charge in [-0.1, -0.05) is 13.8 Å². The minimum absolute atomic E-state index is 0.464. The number of aromatic nitrogens is 2. The molecule has 1 aliphatic rings. The quantitative estimate of drug-likeness (QED) is 0.865. The van der Waals surface area contributed by atoms with Gasteiger partial charge in [-0.3, -0.25) is 0 Å². The molecule has 94 valence electrons. The van der Waals surface area contributed by atoms with E-state index in [-0.39, 0.29) is 0 Å². The lowest BCUT2D eigenvalue weighted by Crippen LogP contribution is -2.41. The molecule has 0 unspecified atom stereocenters. The average Bonchev–Trinajstić information content (AvgIpc) is 2.39. The number of piperidine rings is 1. The molecule has 1 aromatic heterocycles. The second kappa shape index (κ2) is 5.45. The molecule has 2 heterocycles. The highest BCUT2D eigenvalue weighted by atomic mass is 15.2. The highest BCUT2D eigenvalue weighted by molar-refractivity contribution is 5.40. The summed E-state index contributed by atoms with van der Waals surface area (Å²) in [5.41, 5.74) is 1.13. The van der Waals surface area contributed by atoms with Crippen molar-refractivity contribution in [1.29, 1.82) is 0 Å². The van der Waals surface area contributed by atoms with Crippen LogP contribution in [0.25, 0.3) is 0 Å². The Kier molecular flexibility index (Phi) is 3.94. The second-order valence-electron chi connectivity index (χ2n) is 5.01. The minimum atomic E-state index is 0.464. The van der Waals surface area contributed by atoms with Gasteiger partial charge in [0, 0.05) is 30.9 Å². The van der Waals surface area contributed by atoms with E-state index in [9.17, 15) is 0 Å². The summed E-state index contributed by atoms with van der Waals surface area (Å²) in [6.07, 6.45) is 4.07. The Morgan fingerprint density at radius 3 is 2.59 bits per heavy atom. The Bertz CT molecular complexity index is 356. The lowest BCUT2D eigenvalue weighted by Gasteiger charge is -2.32. The summed E-state index contributed by atoms with van der Waals surface area (Å²) in [7, 11) is 2.04. The van der Waals surface area contributed by atoms with Crippen LogP contribution in [0.2, 0.25) is 0 Å². The van der Waals surface area contributed by atoms with Crippen LogP contribution in [-0.4, -0.2) is 36.1 Å². The van der Waals surface area contributed by atoms with E-state index in [1.807, 2.05) is 7.05 Å². The highest BCUT2D eigenvalue weighted by Crippen LogP contribution is 2.20. The first-order valence-electron chi connectivity index (χ1n) is 6.45. The van der Waals surface area contributed by atoms with Crippen molar-refractivity contribution in [2.75, 3.05) is 25.0 Å². The molecule has 0 atom stereocenters. The normalized spacial score (nSPS) is 17.8. The third-order valence-corrected chi connectivity index (χ3v) is 3.49. The van der Waals surface area contributed by atoms with Crippen molar-refractivity contribution in [1.82, 2.24) is 15.3 Å². The zero-order valence-electron chi connectivity index (χ0n) is 11.0. The highest BCUT2D eigenvalue weighted by Gasteiger charge is 2.19. The maximum absolute atomic E-state index is 4.39. The monoisotopic (exact) mass is 234 g/mol. The molecule has 4 nitrogen and oxygen atoms in total. The van der Waals surface area contributed by atoms with Crippen LogP contribution in [0.4, 0.5) is 5.82 Å². The molecule has 0 bridgehead atoms. The number of hydrogen-bond donors (Lipinski definition) is 1. The SMILES string of the molecule is CNC1CCN(c2cc(C(C)C)ncn2)CC1. The van der Waals surface area contributed by atoms with E-state index in [1.54, 1.807) is 6.33 Å². The van der Waals surface area contributed by atoms with Crippen molar-refractivity contribution in [3.8, 4) is 0 Å². The van der Waals surface area contributed by atoms with Crippen molar-refractivity contribution in [3.63, 3.8) is 0 Å². The van der Waals surface area contributed by atoms with Gasteiger partial charge in [0.05, 0.1) is 0 Å². The predicted molar refractivity (Wildman–Crippen MR) is 70.4 cm³/mol. The number of rotatable bonds is 3. The van der Waals surface area contributed by atoms with Crippen molar-refractivity contribution in [3.05, 3.63) is 18.1 Å². The third kappa shape index (κ3) is 2.94. The minimum Gasteiger partial charge on any atom is -0.356 e. The van der Waals surface area contributed by atoms with Crippen molar-refractivity contribution in [2.24, 2.45) is 0 Å². The molecule has 0 spiro atoms. The van der Waals surface area contributed by atoms with Gasteiger partial charge in [0.25, 0.3) is 0 Å². The number of nitrogens with one attached hydrogen (secondary N) is 1. The Hall–Kier alpha value is -1.16. The molecule has 1 N–H and O–H groups in total. The summed E-state index contributed by atoms with van der Waals surface area (Å²) >= 11 is 0. The molecule has 0 amide bonds. The zero-order valence-corrected chi connectivity index (χ0v) is 11.0. The van der Waals surface area contributed by atoms with Crippen LogP contribution in [-0.2, 0) is 0 Å². The topological polar surface area (TPSA) is 41.0 Å². The Balaban J connectivity index is 2.05. The van der Waals surface area contributed by atoms with Crippen molar-refractivity contribution >= 4 is 5.82 Å². The molecule has 1 aliphatic heterocycles. The molecule has 1 saturated heterocycles. The summed E-state index contributed by atoms with van der Waals surface area (Å²) in [6.45, 7) is 6.50. The van der Waals surface area contributed by atoms with Crippen LogP contribution in [0, 0.1) is 0 Å². The van der Waals surface area contributed by atoms with E-state index < -0.39 is 0 Å². The van der Waals surface area contributed by atoms with E-state index >= 15 is 0 Å². The first-order valence-corrected chi connectivity index (χ1v) is 6.45. The number of hydrogen-bond acceptors (Lipinski definition) is 4. The third-order valence-electron chi connectivity index (χ3n) is 3.49. The Labute approximate surface area is 103 Å². The average molecular weight is 234 g/mol.